The second-order valence-electron chi connectivity index (χ2n) is 6.08. The number of amides is 1. The summed E-state index contributed by atoms with van der Waals surface area (Å²) >= 11 is 0. The summed E-state index contributed by atoms with van der Waals surface area (Å²) in [6.07, 6.45) is 1.66. The Balaban J connectivity index is 1.82. The topological polar surface area (TPSA) is 93.4 Å². The molecule has 1 aliphatic rings. The average molecular weight is 347 g/mol. The van der Waals surface area contributed by atoms with Crippen molar-refractivity contribution in [3.05, 3.63) is 51.2 Å². The molecule has 0 fully saturated rings. The Morgan fingerprint density at radius 2 is 2.00 bits per heavy atom. The van der Waals surface area contributed by atoms with Crippen LogP contribution in [0.1, 0.15) is 17.5 Å². The Kier molecular flexibility index (Phi) is 4.04. The van der Waals surface area contributed by atoms with Gasteiger partial charge in [-0.15, -0.1) is 0 Å². The minimum atomic E-state index is -3.16. The van der Waals surface area contributed by atoms with Crippen molar-refractivity contribution in [3.63, 3.8) is 0 Å². The number of carbonyl (C=O) groups excluding carboxylic acids is 1. The molecule has 126 valence electrons. The smallest absolute Gasteiger partial charge is 0.336 e. The van der Waals surface area contributed by atoms with Gasteiger partial charge >= 0.3 is 5.63 Å². The summed E-state index contributed by atoms with van der Waals surface area (Å²) in [4.78, 5) is 23.6. The quantitative estimate of drug-likeness (QED) is 0.860. The van der Waals surface area contributed by atoms with E-state index in [1.165, 1.54) is 6.07 Å². The van der Waals surface area contributed by atoms with Gasteiger partial charge in [-0.1, -0.05) is 6.08 Å². The van der Waals surface area contributed by atoms with Crippen LogP contribution in [0.25, 0.3) is 11.0 Å². The molecule has 7 heteroatoms. The SMILES string of the molecule is Cc1cc2oc(=O)cc(C)c2cc1NC(=O)C[C@H]1C=CS(=O)(=O)C1. The van der Waals surface area contributed by atoms with Crippen LogP contribution in [-0.2, 0) is 14.6 Å². The molecule has 0 bridgehead atoms. The lowest BCUT2D eigenvalue weighted by atomic mass is 10.1. The van der Waals surface area contributed by atoms with Crippen molar-refractivity contribution in [1.82, 2.24) is 0 Å². The minimum Gasteiger partial charge on any atom is -0.423 e. The van der Waals surface area contributed by atoms with Crippen LogP contribution in [0.3, 0.4) is 0 Å². The van der Waals surface area contributed by atoms with E-state index in [-0.39, 0.29) is 24.0 Å². The molecule has 1 aliphatic heterocycles. The van der Waals surface area contributed by atoms with E-state index in [2.05, 4.69) is 5.32 Å². The molecule has 1 amide bonds. The molecular formula is C17H17NO5S. The lowest BCUT2D eigenvalue weighted by Crippen LogP contribution is -2.18. The van der Waals surface area contributed by atoms with Crippen LogP contribution in [0.5, 0.6) is 0 Å². The van der Waals surface area contributed by atoms with Gasteiger partial charge in [-0.05, 0) is 37.1 Å². The van der Waals surface area contributed by atoms with Gasteiger partial charge in [0.25, 0.3) is 0 Å². The highest BCUT2D eigenvalue weighted by molar-refractivity contribution is 7.94. The zero-order valence-electron chi connectivity index (χ0n) is 13.3. The Morgan fingerprint density at radius 3 is 2.67 bits per heavy atom. The van der Waals surface area contributed by atoms with E-state index in [0.29, 0.717) is 11.3 Å². The number of sulfone groups is 1. The summed E-state index contributed by atoms with van der Waals surface area (Å²) in [5.41, 5.74) is 2.21. The van der Waals surface area contributed by atoms with Gasteiger partial charge in [0.05, 0.1) is 5.75 Å². The van der Waals surface area contributed by atoms with Crippen molar-refractivity contribution in [2.24, 2.45) is 5.92 Å². The highest BCUT2D eigenvalue weighted by Gasteiger charge is 2.24. The van der Waals surface area contributed by atoms with Gasteiger partial charge in [0, 0.05) is 34.9 Å². The van der Waals surface area contributed by atoms with Crippen LogP contribution in [0.15, 0.2) is 38.9 Å². The summed E-state index contributed by atoms with van der Waals surface area (Å²) in [5, 5.41) is 4.72. The Bertz CT molecular complexity index is 1020. The van der Waals surface area contributed by atoms with E-state index in [1.807, 2.05) is 0 Å². The van der Waals surface area contributed by atoms with Gasteiger partial charge in [0.15, 0.2) is 9.84 Å². The summed E-state index contributed by atoms with van der Waals surface area (Å²) in [6, 6.07) is 4.87. The highest BCUT2D eigenvalue weighted by Crippen LogP contribution is 2.26. The molecule has 1 atom stereocenters. The van der Waals surface area contributed by atoms with E-state index in [4.69, 9.17) is 4.42 Å². The lowest BCUT2D eigenvalue weighted by Gasteiger charge is -2.12. The fraction of sp³-hybridized carbons (Fsp3) is 0.294. The molecule has 0 radical (unpaired) electrons. The molecule has 6 nitrogen and oxygen atoms in total. The molecular weight excluding hydrogens is 330 g/mol. The van der Waals surface area contributed by atoms with Crippen LogP contribution < -0.4 is 10.9 Å². The number of rotatable bonds is 3. The number of carbonyl (C=O) groups is 1. The number of allylic oxidation sites excluding steroid dienone is 1. The van der Waals surface area contributed by atoms with Crippen molar-refractivity contribution >= 4 is 32.4 Å². The summed E-state index contributed by atoms with van der Waals surface area (Å²) in [5.74, 6) is -0.573. The van der Waals surface area contributed by atoms with Crippen LogP contribution >= 0.6 is 0 Å². The maximum absolute atomic E-state index is 12.2. The molecule has 0 aliphatic carbocycles. The molecule has 1 N–H and O–H groups in total. The third-order valence-electron chi connectivity index (χ3n) is 4.02. The molecule has 24 heavy (non-hydrogen) atoms. The van der Waals surface area contributed by atoms with E-state index < -0.39 is 15.5 Å². The first-order valence-electron chi connectivity index (χ1n) is 7.49. The van der Waals surface area contributed by atoms with Crippen LogP contribution in [0.2, 0.25) is 0 Å². The molecule has 2 heterocycles. The minimum absolute atomic E-state index is 0.0264. The summed E-state index contributed by atoms with van der Waals surface area (Å²) < 4.78 is 28.0. The number of benzene rings is 1. The Labute approximate surface area is 139 Å². The van der Waals surface area contributed by atoms with Gasteiger partial charge in [-0.25, -0.2) is 13.2 Å². The molecule has 3 rings (SSSR count). The Hall–Kier alpha value is -2.41. The predicted octanol–water partition coefficient (Wildman–Crippen LogP) is 2.30. The number of aryl methyl sites for hydroxylation is 2. The lowest BCUT2D eigenvalue weighted by molar-refractivity contribution is -0.116. The number of nitrogens with one attached hydrogen (secondary N) is 1. The predicted molar refractivity (Wildman–Crippen MR) is 91.6 cm³/mol. The number of hydrogen-bond acceptors (Lipinski definition) is 5. The third-order valence-corrected chi connectivity index (χ3v) is 5.49. The molecule has 1 aromatic heterocycles. The fourth-order valence-electron chi connectivity index (χ4n) is 2.81. The van der Waals surface area contributed by atoms with Crippen LogP contribution in [-0.4, -0.2) is 20.1 Å². The first-order valence-corrected chi connectivity index (χ1v) is 9.21. The molecule has 1 aromatic carbocycles. The highest BCUT2D eigenvalue weighted by atomic mass is 32.2. The van der Waals surface area contributed by atoms with Crippen molar-refractivity contribution in [1.29, 1.82) is 0 Å². The van der Waals surface area contributed by atoms with Crippen molar-refractivity contribution in [3.8, 4) is 0 Å². The van der Waals surface area contributed by atoms with E-state index in [9.17, 15) is 18.0 Å². The molecule has 0 unspecified atom stereocenters. The van der Waals surface area contributed by atoms with Gasteiger partial charge in [0.2, 0.25) is 5.91 Å². The monoisotopic (exact) mass is 347 g/mol. The van der Waals surface area contributed by atoms with Crippen molar-refractivity contribution in [2.45, 2.75) is 20.3 Å². The van der Waals surface area contributed by atoms with Gasteiger partial charge in [-0.2, -0.15) is 0 Å². The molecule has 0 saturated heterocycles. The zero-order valence-corrected chi connectivity index (χ0v) is 14.1. The van der Waals surface area contributed by atoms with Gasteiger partial charge in [-0.3, -0.25) is 4.79 Å². The normalized spacial score (nSPS) is 18.8. The maximum atomic E-state index is 12.2. The Morgan fingerprint density at radius 1 is 1.25 bits per heavy atom. The van der Waals surface area contributed by atoms with Crippen LogP contribution in [0.4, 0.5) is 5.69 Å². The second kappa shape index (κ2) is 5.90. The number of anilines is 1. The summed E-state index contributed by atoms with van der Waals surface area (Å²) in [7, 11) is -3.16. The van der Waals surface area contributed by atoms with Crippen molar-refractivity contribution in [2.75, 3.05) is 11.1 Å². The standard InChI is InChI=1S/C17H17NO5S/c1-10-6-17(20)23-15-5-11(2)14(8-13(10)15)18-16(19)7-12-3-4-24(21,22)9-12/h3-6,8,12H,7,9H2,1-2H3,(H,18,19)/t12-/m1/s1. The molecule has 0 saturated carbocycles. The summed E-state index contributed by atoms with van der Waals surface area (Å²) in [6.45, 7) is 3.60. The average Bonchev–Trinajstić information content (AvgIpc) is 2.79. The zero-order chi connectivity index (χ0) is 17.5. The molecule has 0 spiro atoms. The molecule has 2 aromatic rings. The van der Waals surface area contributed by atoms with E-state index in [1.54, 1.807) is 32.1 Å². The first kappa shape index (κ1) is 16.4. The first-order chi connectivity index (χ1) is 11.2. The third kappa shape index (κ3) is 3.41. The fourth-order valence-corrected chi connectivity index (χ4v) is 4.21. The number of fused-ring (bicyclic) bond motifs is 1. The van der Waals surface area contributed by atoms with Gasteiger partial charge in [0.1, 0.15) is 5.58 Å². The number of hydrogen-bond donors (Lipinski definition) is 1. The van der Waals surface area contributed by atoms with Crippen molar-refractivity contribution < 1.29 is 17.6 Å². The maximum Gasteiger partial charge on any atom is 0.336 e. The van der Waals surface area contributed by atoms with E-state index in [0.717, 1.165) is 21.9 Å². The van der Waals surface area contributed by atoms with E-state index >= 15 is 0 Å². The van der Waals surface area contributed by atoms with Crippen LogP contribution in [0, 0.1) is 19.8 Å². The largest absolute Gasteiger partial charge is 0.423 e. The van der Waals surface area contributed by atoms with Gasteiger partial charge < -0.3 is 9.73 Å². The second-order valence-corrected chi connectivity index (χ2v) is 8.01.